The van der Waals surface area contributed by atoms with Crippen molar-refractivity contribution in [2.24, 2.45) is 7.05 Å². The number of nitrogens with zero attached hydrogens (tertiary/aromatic N) is 2. The van der Waals surface area contributed by atoms with Crippen LogP contribution in [0, 0.1) is 0 Å². The standard InChI is InChI=1S/C12H14FN3/c1-8(13)9-5-3-4-6-10(9)11-7-15-16(2)12(11)14/h3-8H,14H2,1-2H3. The van der Waals surface area contributed by atoms with E-state index < -0.39 is 6.17 Å². The van der Waals surface area contributed by atoms with E-state index in [9.17, 15) is 4.39 Å². The van der Waals surface area contributed by atoms with Crippen LogP contribution in [0.2, 0.25) is 0 Å². The molecule has 1 unspecified atom stereocenters. The van der Waals surface area contributed by atoms with Crippen LogP contribution in [0.1, 0.15) is 18.7 Å². The molecule has 0 radical (unpaired) electrons. The molecular weight excluding hydrogens is 205 g/mol. The predicted octanol–water partition coefficient (Wildman–Crippen LogP) is 2.70. The fourth-order valence-corrected chi connectivity index (χ4v) is 1.74. The Bertz CT molecular complexity index is 503. The molecule has 2 aromatic rings. The Labute approximate surface area is 93.7 Å². The largest absolute Gasteiger partial charge is 0.383 e. The molecular formula is C12H14FN3. The molecule has 1 aromatic carbocycles. The molecule has 3 nitrogen and oxygen atoms in total. The summed E-state index contributed by atoms with van der Waals surface area (Å²) >= 11 is 0. The van der Waals surface area contributed by atoms with E-state index in [2.05, 4.69) is 5.10 Å². The first-order valence-electron chi connectivity index (χ1n) is 5.12. The summed E-state index contributed by atoms with van der Waals surface area (Å²) in [6.45, 7) is 1.52. The summed E-state index contributed by atoms with van der Waals surface area (Å²) < 4.78 is 15.0. The number of alkyl halides is 1. The number of halogens is 1. The smallest absolute Gasteiger partial charge is 0.129 e. The fourth-order valence-electron chi connectivity index (χ4n) is 1.74. The van der Waals surface area contributed by atoms with E-state index >= 15 is 0 Å². The van der Waals surface area contributed by atoms with Crippen LogP contribution in [0.5, 0.6) is 0 Å². The summed E-state index contributed by atoms with van der Waals surface area (Å²) in [6, 6.07) is 7.32. The van der Waals surface area contributed by atoms with Gasteiger partial charge >= 0.3 is 0 Å². The van der Waals surface area contributed by atoms with Gasteiger partial charge in [0.25, 0.3) is 0 Å². The minimum absolute atomic E-state index is 0.549. The molecule has 1 atom stereocenters. The van der Waals surface area contributed by atoms with Crippen LogP contribution in [-0.4, -0.2) is 9.78 Å². The highest BCUT2D eigenvalue weighted by molar-refractivity contribution is 5.76. The van der Waals surface area contributed by atoms with Crippen molar-refractivity contribution >= 4 is 5.82 Å². The second-order valence-corrected chi connectivity index (χ2v) is 3.77. The highest BCUT2D eigenvalue weighted by Gasteiger charge is 2.14. The van der Waals surface area contributed by atoms with Gasteiger partial charge < -0.3 is 5.73 Å². The van der Waals surface area contributed by atoms with Gasteiger partial charge in [-0.25, -0.2) is 4.39 Å². The molecule has 16 heavy (non-hydrogen) atoms. The fraction of sp³-hybridized carbons (Fsp3) is 0.250. The summed E-state index contributed by atoms with van der Waals surface area (Å²) in [5.41, 5.74) is 8.11. The Balaban J connectivity index is 2.60. The molecule has 0 saturated carbocycles. The third-order valence-corrected chi connectivity index (χ3v) is 2.66. The lowest BCUT2D eigenvalue weighted by molar-refractivity contribution is 0.375. The van der Waals surface area contributed by atoms with Crippen molar-refractivity contribution in [1.29, 1.82) is 0 Å². The second kappa shape index (κ2) is 3.96. The van der Waals surface area contributed by atoms with Crippen LogP contribution in [0.4, 0.5) is 10.2 Å². The maximum Gasteiger partial charge on any atom is 0.129 e. The minimum Gasteiger partial charge on any atom is -0.383 e. The quantitative estimate of drug-likeness (QED) is 0.843. The molecule has 2 N–H and O–H groups in total. The van der Waals surface area contributed by atoms with Crippen LogP contribution in [0.15, 0.2) is 30.5 Å². The summed E-state index contributed by atoms with van der Waals surface area (Å²) in [7, 11) is 1.76. The van der Waals surface area contributed by atoms with Gasteiger partial charge in [-0.2, -0.15) is 5.10 Å². The Kier molecular flexibility index (Phi) is 2.64. The third kappa shape index (κ3) is 1.66. The highest BCUT2D eigenvalue weighted by atomic mass is 19.1. The Morgan fingerprint density at radius 3 is 2.56 bits per heavy atom. The van der Waals surface area contributed by atoms with Gasteiger partial charge in [0.05, 0.1) is 6.20 Å². The molecule has 1 heterocycles. The Morgan fingerprint density at radius 1 is 1.31 bits per heavy atom. The SMILES string of the molecule is CC(F)c1ccccc1-c1cnn(C)c1N. The first kappa shape index (κ1) is 10.7. The molecule has 0 saturated heterocycles. The first-order valence-corrected chi connectivity index (χ1v) is 5.12. The average Bonchev–Trinajstić information content (AvgIpc) is 2.60. The van der Waals surface area contributed by atoms with Crippen molar-refractivity contribution in [3.63, 3.8) is 0 Å². The van der Waals surface area contributed by atoms with Crippen LogP contribution >= 0.6 is 0 Å². The van der Waals surface area contributed by atoms with E-state index in [0.717, 1.165) is 11.1 Å². The highest BCUT2D eigenvalue weighted by Crippen LogP contribution is 2.32. The zero-order valence-corrected chi connectivity index (χ0v) is 9.31. The van der Waals surface area contributed by atoms with Gasteiger partial charge in [-0.3, -0.25) is 4.68 Å². The maximum atomic E-state index is 13.5. The summed E-state index contributed by atoms with van der Waals surface area (Å²) in [6.07, 6.45) is 0.645. The molecule has 0 spiro atoms. The summed E-state index contributed by atoms with van der Waals surface area (Å²) in [5, 5.41) is 4.06. The van der Waals surface area contributed by atoms with Crippen molar-refractivity contribution in [3.8, 4) is 11.1 Å². The van der Waals surface area contributed by atoms with Gasteiger partial charge in [-0.1, -0.05) is 24.3 Å². The van der Waals surface area contributed by atoms with Gasteiger partial charge in [-0.05, 0) is 18.1 Å². The number of rotatable bonds is 2. The Morgan fingerprint density at radius 2 is 2.00 bits per heavy atom. The minimum atomic E-state index is -1.02. The van der Waals surface area contributed by atoms with Crippen LogP contribution in [-0.2, 0) is 7.05 Å². The summed E-state index contributed by atoms with van der Waals surface area (Å²) in [4.78, 5) is 0. The lowest BCUT2D eigenvalue weighted by Crippen LogP contribution is -1.99. The number of aryl methyl sites for hydroxylation is 1. The monoisotopic (exact) mass is 219 g/mol. The van der Waals surface area contributed by atoms with E-state index in [0.29, 0.717) is 11.4 Å². The van der Waals surface area contributed by atoms with Gasteiger partial charge in [0.2, 0.25) is 0 Å². The van der Waals surface area contributed by atoms with E-state index in [1.54, 1.807) is 24.0 Å². The molecule has 1 aromatic heterocycles. The zero-order valence-electron chi connectivity index (χ0n) is 9.31. The van der Waals surface area contributed by atoms with Crippen molar-refractivity contribution in [3.05, 3.63) is 36.0 Å². The van der Waals surface area contributed by atoms with E-state index in [1.165, 1.54) is 6.92 Å². The molecule has 0 aliphatic carbocycles. The molecule has 4 heteroatoms. The van der Waals surface area contributed by atoms with Gasteiger partial charge in [-0.15, -0.1) is 0 Å². The van der Waals surface area contributed by atoms with Crippen molar-refractivity contribution in [2.45, 2.75) is 13.1 Å². The number of hydrogen-bond donors (Lipinski definition) is 1. The lowest BCUT2D eigenvalue weighted by atomic mass is 9.99. The molecule has 2 rings (SSSR count). The molecule has 84 valence electrons. The Hall–Kier alpha value is -1.84. The normalized spacial score (nSPS) is 12.7. The van der Waals surface area contributed by atoms with Crippen molar-refractivity contribution in [1.82, 2.24) is 9.78 Å². The second-order valence-electron chi connectivity index (χ2n) is 3.77. The predicted molar refractivity (Wildman–Crippen MR) is 62.6 cm³/mol. The van der Waals surface area contributed by atoms with Crippen LogP contribution in [0.3, 0.4) is 0 Å². The molecule has 0 fully saturated rings. The zero-order chi connectivity index (χ0) is 11.7. The van der Waals surface area contributed by atoms with Gasteiger partial charge in [0, 0.05) is 12.6 Å². The molecule has 0 bridgehead atoms. The molecule has 0 aliphatic rings. The number of nitrogens with two attached hydrogens (primary N) is 1. The van der Waals surface area contributed by atoms with E-state index in [4.69, 9.17) is 5.73 Å². The van der Waals surface area contributed by atoms with Crippen LogP contribution < -0.4 is 5.73 Å². The lowest BCUT2D eigenvalue weighted by Gasteiger charge is -2.09. The third-order valence-electron chi connectivity index (χ3n) is 2.66. The molecule has 0 aliphatic heterocycles. The van der Waals surface area contributed by atoms with Crippen molar-refractivity contribution < 1.29 is 4.39 Å². The first-order chi connectivity index (χ1) is 7.61. The van der Waals surface area contributed by atoms with E-state index in [1.807, 2.05) is 18.2 Å². The van der Waals surface area contributed by atoms with Crippen molar-refractivity contribution in [2.75, 3.05) is 5.73 Å². The number of aromatic nitrogens is 2. The number of anilines is 1. The number of benzene rings is 1. The van der Waals surface area contributed by atoms with E-state index in [-0.39, 0.29) is 0 Å². The number of hydrogen-bond acceptors (Lipinski definition) is 2. The van der Waals surface area contributed by atoms with Gasteiger partial charge in [0.1, 0.15) is 12.0 Å². The van der Waals surface area contributed by atoms with Crippen LogP contribution in [0.25, 0.3) is 11.1 Å². The maximum absolute atomic E-state index is 13.5. The average molecular weight is 219 g/mol. The number of nitrogen functional groups attached to an aromatic ring is 1. The topological polar surface area (TPSA) is 43.8 Å². The summed E-state index contributed by atoms with van der Waals surface area (Å²) in [5.74, 6) is 0.549. The molecule has 0 amide bonds. The van der Waals surface area contributed by atoms with Gasteiger partial charge in [0.15, 0.2) is 0 Å².